The van der Waals surface area contributed by atoms with Gasteiger partial charge in [-0.1, -0.05) is 58.7 Å². The van der Waals surface area contributed by atoms with Gasteiger partial charge in [-0.25, -0.2) is 4.79 Å². The molecule has 24 heavy (non-hydrogen) atoms. The van der Waals surface area contributed by atoms with Crippen LogP contribution in [0.25, 0.3) is 0 Å². The largest absolute Gasteiger partial charge is 0.452 e. The molecular formula is C19H20BrNO3. The van der Waals surface area contributed by atoms with Gasteiger partial charge in [-0.2, -0.15) is 0 Å². The number of amides is 1. The van der Waals surface area contributed by atoms with Gasteiger partial charge in [0.25, 0.3) is 5.91 Å². The van der Waals surface area contributed by atoms with Crippen LogP contribution in [0.15, 0.2) is 53.0 Å². The van der Waals surface area contributed by atoms with Gasteiger partial charge in [0.1, 0.15) is 0 Å². The molecule has 0 aromatic heterocycles. The minimum absolute atomic E-state index is 0.0947. The van der Waals surface area contributed by atoms with E-state index < -0.39 is 5.97 Å². The number of halogens is 1. The lowest BCUT2D eigenvalue weighted by Gasteiger charge is -2.17. The van der Waals surface area contributed by atoms with E-state index in [1.807, 2.05) is 44.2 Å². The molecule has 2 rings (SSSR count). The topological polar surface area (TPSA) is 55.4 Å². The summed E-state index contributed by atoms with van der Waals surface area (Å²) in [6.45, 7) is 3.72. The molecule has 0 fully saturated rings. The van der Waals surface area contributed by atoms with E-state index in [4.69, 9.17) is 4.74 Å². The first-order valence-electron chi connectivity index (χ1n) is 7.78. The van der Waals surface area contributed by atoms with Gasteiger partial charge in [0, 0.05) is 4.47 Å². The molecule has 1 amide bonds. The first-order chi connectivity index (χ1) is 11.5. The lowest BCUT2D eigenvalue weighted by atomic mass is 10.0. The van der Waals surface area contributed by atoms with Crippen LogP contribution in [0.4, 0.5) is 0 Å². The summed E-state index contributed by atoms with van der Waals surface area (Å²) in [4.78, 5) is 24.0. The van der Waals surface area contributed by atoms with Crippen molar-refractivity contribution in [2.75, 3.05) is 6.61 Å². The lowest BCUT2D eigenvalue weighted by molar-refractivity contribution is -0.125. The number of carbonyl (C=O) groups is 2. The highest BCUT2D eigenvalue weighted by molar-refractivity contribution is 9.10. The van der Waals surface area contributed by atoms with Gasteiger partial charge < -0.3 is 10.1 Å². The maximum Gasteiger partial charge on any atom is 0.338 e. The normalized spacial score (nSPS) is 11.6. The molecular weight excluding hydrogens is 370 g/mol. The van der Waals surface area contributed by atoms with Crippen molar-refractivity contribution in [2.45, 2.75) is 26.3 Å². The third kappa shape index (κ3) is 5.20. The van der Waals surface area contributed by atoms with Crippen LogP contribution in [0, 0.1) is 6.92 Å². The van der Waals surface area contributed by atoms with Crippen molar-refractivity contribution in [3.8, 4) is 0 Å². The zero-order valence-electron chi connectivity index (χ0n) is 13.7. The van der Waals surface area contributed by atoms with Crippen LogP contribution in [0.3, 0.4) is 0 Å². The quantitative estimate of drug-likeness (QED) is 0.753. The summed E-state index contributed by atoms with van der Waals surface area (Å²) in [7, 11) is 0. The van der Waals surface area contributed by atoms with Gasteiger partial charge >= 0.3 is 5.97 Å². The first kappa shape index (κ1) is 18.2. The van der Waals surface area contributed by atoms with Gasteiger partial charge in [-0.15, -0.1) is 0 Å². The van der Waals surface area contributed by atoms with Gasteiger partial charge in [-0.05, 0) is 37.1 Å². The maximum absolute atomic E-state index is 12.1. The van der Waals surface area contributed by atoms with Crippen LogP contribution in [0.1, 0.15) is 40.9 Å². The predicted octanol–water partition coefficient (Wildman–Crippen LogP) is 4.18. The second-order valence-corrected chi connectivity index (χ2v) is 6.44. The zero-order valence-corrected chi connectivity index (χ0v) is 15.3. The van der Waals surface area contributed by atoms with Crippen molar-refractivity contribution in [1.82, 2.24) is 5.32 Å². The molecule has 2 aromatic carbocycles. The molecule has 5 heteroatoms. The monoisotopic (exact) mass is 389 g/mol. The van der Waals surface area contributed by atoms with Crippen molar-refractivity contribution >= 4 is 27.8 Å². The van der Waals surface area contributed by atoms with Gasteiger partial charge in [0.15, 0.2) is 6.61 Å². The molecule has 1 atom stereocenters. The van der Waals surface area contributed by atoms with E-state index in [2.05, 4.69) is 21.2 Å². The Balaban J connectivity index is 1.89. The summed E-state index contributed by atoms with van der Waals surface area (Å²) < 4.78 is 5.86. The molecule has 0 saturated heterocycles. The molecule has 4 nitrogen and oxygen atoms in total. The molecule has 0 aliphatic carbocycles. The fourth-order valence-corrected chi connectivity index (χ4v) is 2.68. The van der Waals surface area contributed by atoms with Crippen LogP contribution < -0.4 is 5.32 Å². The third-order valence-electron chi connectivity index (χ3n) is 3.62. The fraction of sp³-hybridized carbons (Fsp3) is 0.263. The van der Waals surface area contributed by atoms with Crippen LogP contribution >= 0.6 is 15.9 Å². The van der Waals surface area contributed by atoms with Crippen molar-refractivity contribution in [3.63, 3.8) is 0 Å². The Morgan fingerprint density at radius 1 is 1.17 bits per heavy atom. The third-order valence-corrected chi connectivity index (χ3v) is 4.11. The van der Waals surface area contributed by atoms with Crippen LogP contribution in [0.2, 0.25) is 0 Å². The molecule has 2 aromatic rings. The summed E-state index contributed by atoms with van der Waals surface area (Å²) in [5.74, 6) is -0.833. The fourth-order valence-electron chi connectivity index (χ4n) is 2.29. The molecule has 0 aliphatic heterocycles. The first-order valence-corrected chi connectivity index (χ1v) is 8.57. The average molecular weight is 390 g/mol. The van der Waals surface area contributed by atoms with E-state index in [1.165, 1.54) is 5.56 Å². The zero-order chi connectivity index (χ0) is 17.5. The number of aryl methyl sites for hydroxylation is 1. The Morgan fingerprint density at radius 3 is 2.50 bits per heavy atom. The standard InChI is InChI=1S/C19H20BrNO3/c1-3-17(14-9-7-13(2)8-10-14)21-18(22)12-24-19(23)15-5-4-6-16(20)11-15/h4-11,17H,3,12H2,1-2H3,(H,21,22)/t17-/m1/s1. The molecule has 0 unspecified atom stereocenters. The number of hydrogen-bond donors (Lipinski definition) is 1. The number of ether oxygens (including phenoxy) is 1. The highest BCUT2D eigenvalue weighted by atomic mass is 79.9. The van der Waals surface area contributed by atoms with Crippen molar-refractivity contribution in [1.29, 1.82) is 0 Å². The Kier molecular flexibility index (Phi) is 6.55. The number of rotatable bonds is 6. The average Bonchev–Trinajstić information content (AvgIpc) is 2.58. The molecule has 0 aliphatic rings. The number of carbonyl (C=O) groups excluding carboxylic acids is 2. The second-order valence-electron chi connectivity index (χ2n) is 5.53. The highest BCUT2D eigenvalue weighted by Gasteiger charge is 2.15. The molecule has 0 saturated carbocycles. The minimum Gasteiger partial charge on any atom is -0.452 e. The highest BCUT2D eigenvalue weighted by Crippen LogP contribution is 2.17. The van der Waals surface area contributed by atoms with Gasteiger partial charge in [0.05, 0.1) is 11.6 Å². The van der Waals surface area contributed by atoms with Gasteiger partial charge in [0.2, 0.25) is 0 Å². The van der Waals surface area contributed by atoms with Crippen molar-refractivity contribution < 1.29 is 14.3 Å². The number of esters is 1. The van der Waals surface area contributed by atoms with Crippen LogP contribution in [-0.2, 0) is 9.53 Å². The molecule has 126 valence electrons. The summed E-state index contributed by atoms with van der Waals surface area (Å²) in [5, 5.41) is 2.90. The molecule has 0 bridgehead atoms. The van der Waals surface area contributed by atoms with E-state index in [9.17, 15) is 9.59 Å². The summed E-state index contributed by atoms with van der Waals surface area (Å²) in [6, 6.07) is 14.8. The molecule has 0 heterocycles. The van der Waals surface area contributed by atoms with Gasteiger partial charge in [-0.3, -0.25) is 4.79 Å². The summed E-state index contributed by atoms with van der Waals surface area (Å²) in [6.07, 6.45) is 0.758. The Morgan fingerprint density at radius 2 is 1.88 bits per heavy atom. The van der Waals surface area contributed by atoms with E-state index in [0.717, 1.165) is 16.5 Å². The smallest absolute Gasteiger partial charge is 0.338 e. The summed E-state index contributed by atoms with van der Waals surface area (Å²) in [5.41, 5.74) is 2.61. The van der Waals surface area contributed by atoms with E-state index >= 15 is 0 Å². The molecule has 0 radical (unpaired) electrons. The molecule has 1 N–H and O–H groups in total. The number of benzene rings is 2. The van der Waals surface area contributed by atoms with E-state index in [0.29, 0.717) is 5.56 Å². The Labute approximate surface area is 150 Å². The second kappa shape index (κ2) is 8.64. The van der Waals surface area contributed by atoms with Crippen molar-refractivity contribution in [2.24, 2.45) is 0 Å². The van der Waals surface area contributed by atoms with Crippen LogP contribution in [-0.4, -0.2) is 18.5 Å². The van der Waals surface area contributed by atoms with Crippen molar-refractivity contribution in [3.05, 3.63) is 69.7 Å². The van der Waals surface area contributed by atoms with Crippen LogP contribution in [0.5, 0.6) is 0 Å². The SMILES string of the molecule is CC[C@@H](NC(=O)COC(=O)c1cccc(Br)c1)c1ccc(C)cc1. The molecule has 0 spiro atoms. The predicted molar refractivity (Wildman–Crippen MR) is 96.8 cm³/mol. The number of hydrogen-bond acceptors (Lipinski definition) is 3. The lowest BCUT2D eigenvalue weighted by Crippen LogP contribution is -2.32. The Hall–Kier alpha value is -2.14. The summed E-state index contributed by atoms with van der Waals surface area (Å²) >= 11 is 3.30. The van der Waals surface area contributed by atoms with E-state index in [-0.39, 0.29) is 18.6 Å². The number of nitrogens with one attached hydrogen (secondary N) is 1. The van der Waals surface area contributed by atoms with E-state index in [1.54, 1.807) is 18.2 Å². The maximum atomic E-state index is 12.1. The Bertz CT molecular complexity index is 713. The minimum atomic E-state index is -0.519.